The Bertz CT molecular complexity index is 1930. The smallest absolute Gasteiger partial charge is 0.380 e. The maximum atomic E-state index is 12.9. The Morgan fingerprint density at radius 1 is 1.15 bits per heavy atom. The number of nitrogens with one attached hydrogen (secondary N) is 2. The number of likely N-dealkylation sites (tertiary alicyclic amines) is 1. The van der Waals surface area contributed by atoms with E-state index in [4.69, 9.17) is 0 Å². The number of fused-ring (bicyclic) bond motifs is 2. The van der Waals surface area contributed by atoms with E-state index in [1.165, 1.54) is 17.5 Å². The molecule has 4 saturated carbocycles. The van der Waals surface area contributed by atoms with Gasteiger partial charge in [-0.05, 0) is 86.6 Å². The van der Waals surface area contributed by atoms with Crippen LogP contribution in [0, 0.1) is 23.7 Å². The van der Waals surface area contributed by atoms with Crippen molar-refractivity contribution in [1.82, 2.24) is 24.8 Å². The minimum atomic E-state index is -4.26. The van der Waals surface area contributed by atoms with Crippen LogP contribution in [-0.4, -0.2) is 66.9 Å². The maximum absolute atomic E-state index is 12.9. The Kier molecular flexibility index (Phi) is 6.92. The van der Waals surface area contributed by atoms with Crippen LogP contribution in [0.4, 0.5) is 19.0 Å². The van der Waals surface area contributed by atoms with E-state index in [0.29, 0.717) is 34.6 Å². The molecule has 0 unspecified atom stereocenters. The van der Waals surface area contributed by atoms with Gasteiger partial charge in [0.2, 0.25) is 0 Å². The summed E-state index contributed by atoms with van der Waals surface area (Å²) < 4.78 is 41.0. The van der Waals surface area contributed by atoms with Gasteiger partial charge in [0, 0.05) is 53.5 Å². The zero-order chi connectivity index (χ0) is 32.8. The van der Waals surface area contributed by atoms with Crippen molar-refractivity contribution in [2.24, 2.45) is 5.41 Å². The first-order valence-electron chi connectivity index (χ1n) is 16.2. The van der Waals surface area contributed by atoms with Gasteiger partial charge in [-0.3, -0.25) is 9.69 Å². The lowest BCUT2D eigenvalue weighted by molar-refractivity contribution is -0.176. The third kappa shape index (κ3) is 5.54. The highest BCUT2D eigenvalue weighted by Crippen LogP contribution is 2.68. The van der Waals surface area contributed by atoms with Crippen LogP contribution in [0.2, 0.25) is 0 Å². The summed E-state index contributed by atoms with van der Waals surface area (Å²) in [5.74, 6) is 0.360. The van der Waals surface area contributed by atoms with E-state index in [0.717, 1.165) is 80.5 Å². The van der Waals surface area contributed by atoms with Crippen molar-refractivity contribution >= 4 is 44.2 Å². The largest absolute Gasteiger partial charge is 0.393 e. The molecular weight excluding hydrogens is 627 g/mol. The number of halogens is 3. The Morgan fingerprint density at radius 3 is 2.57 bits per heavy atom. The van der Waals surface area contributed by atoms with E-state index < -0.39 is 18.2 Å². The number of amides is 1. The molecular formula is C34H36F3N7O2S. The summed E-state index contributed by atoms with van der Waals surface area (Å²) in [5, 5.41) is 28.5. The van der Waals surface area contributed by atoms with Crippen LogP contribution in [-0.2, 0) is 24.3 Å². The summed E-state index contributed by atoms with van der Waals surface area (Å²) in [5.41, 5.74) is 2.84. The van der Waals surface area contributed by atoms with E-state index in [1.807, 2.05) is 6.07 Å². The fraction of sp³-hybridized carbons (Fsp3) is 0.529. The standard InChI is InChI=1S/C34H36F3N7O2S/c1-20-21(14-43-8-4-22(5-9-43)41-28-26-11-24(12-34(35,36)37)47-29(26)40-19-39-28)2-3-27-25(20)10-23(13-38)44(27)18-31-15-32(16-31,17-31)42-30(45)33(46)6-7-33/h2-3,10-11,19,22,46H,4-9,12,14-18H2,1H3,(H,42,45)(H,39,40,41). The van der Waals surface area contributed by atoms with Crippen LogP contribution in [0.3, 0.4) is 0 Å². The summed E-state index contributed by atoms with van der Waals surface area (Å²) in [6, 6.07) is 10.4. The molecule has 1 aromatic carbocycles. The summed E-state index contributed by atoms with van der Waals surface area (Å²) >= 11 is 1.06. The van der Waals surface area contributed by atoms with Gasteiger partial charge in [-0.15, -0.1) is 11.3 Å². The second-order valence-electron chi connectivity index (χ2n) is 14.4. The summed E-state index contributed by atoms with van der Waals surface area (Å²) in [4.78, 5) is 24.1. The van der Waals surface area contributed by atoms with Gasteiger partial charge in [0.1, 0.15) is 34.3 Å². The van der Waals surface area contributed by atoms with E-state index in [2.05, 4.69) is 55.2 Å². The molecule has 5 aliphatic rings. The number of aryl methyl sites for hydroxylation is 1. The minimum Gasteiger partial charge on any atom is -0.380 e. The quantitative estimate of drug-likeness (QED) is 0.214. The molecule has 0 spiro atoms. The molecule has 13 heteroatoms. The summed E-state index contributed by atoms with van der Waals surface area (Å²) in [7, 11) is 0. The number of piperidine rings is 1. The van der Waals surface area contributed by atoms with Gasteiger partial charge in [0.25, 0.3) is 5.91 Å². The van der Waals surface area contributed by atoms with Crippen molar-refractivity contribution in [3.05, 3.63) is 52.3 Å². The first-order chi connectivity index (χ1) is 22.4. The Morgan fingerprint density at radius 2 is 1.89 bits per heavy atom. The fourth-order valence-corrected chi connectivity index (χ4v) is 9.29. The van der Waals surface area contributed by atoms with E-state index in [9.17, 15) is 28.3 Å². The molecule has 47 heavy (non-hydrogen) atoms. The van der Waals surface area contributed by atoms with Crippen LogP contribution in [0.5, 0.6) is 0 Å². The van der Waals surface area contributed by atoms with Crippen LogP contribution >= 0.6 is 11.3 Å². The number of thiophene rings is 1. The summed E-state index contributed by atoms with van der Waals surface area (Å²) in [6.07, 6.45) is 1.66. The van der Waals surface area contributed by atoms with Crippen LogP contribution < -0.4 is 10.6 Å². The third-order valence-corrected chi connectivity index (χ3v) is 11.9. The molecule has 9 nitrogen and oxygen atoms in total. The fourth-order valence-electron chi connectivity index (χ4n) is 8.27. The topological polar surface area (TPSA) is 119 Å². The first-order valence-corrected chi connectivity index (χ1v) is 17.0. The number of aromatic nitrogens is 3. The lowest BCUT2D eigenvalue weighted by Gasteiger charge is -2.71. The number of nitriles is 1. The molecule has 1 saturated heterocycles. The molecule has 4 aliphatic carbocycles. The van der Waals surface area contributed by atoms with Crippen molar-refractivity contribution in [2.45, 2.75) is 94.7 Å². The second-order valence-corrected chi connectivity index (χ2v) is 15.6. The van der Waals surface area contributed by atoms with Gasteiger partial charge in [-0.1, -0.05) is 6.07 Å². The number of carbonyl (C=O) groups is 1. The van der Waals surface area contributed by atoms with Gasteiger partial charge >= 0.3 is 6.18 Å². The molecule has 0 atom stereocenters. The predicted octanol–water partition coefficient (Wildman–Crippen LogP) is 5.57. The molecule has 5 fully saturated rings. The molecule has 3 N–H and O–H groups in total. The van der Waals surface area contributed by atoms with Crippen molar-refractivity contribution in [3.63, 3.8) is 0 Å². The van der Waals surface area contributed by atoms with Crippen molar-refractivity contribution < 1.29 is 23.1 Å². The summed E-state index contributed by atoms with van der Waals surface area (Å²) in [6.45, 7) is 5.40. The minimum absolute atomic E-state index is 0.0777. The average Bonchev–Trinajstić information content (AvgIpc) is 3.45. The SMILES string of the molecule is Cc1c(CN2CCC(Nc3ncnc4sc(CC(F)(F)F)cc34)CC2)ccc2c1cc(C#N)n2CC12CC(NC(=O)C3(O)CC3)(C1)C2. The van der Waals surface area contributed by atoms with Crippen LogP contribution in [0.1, 0.15) is 66.6 Å². The van der Waals surface area contributed by atoms with Gasteiger partial charge in [0.05, 0.1) is 11.8 Å². The average molecular weight is 664 g/mol. The van der Waals surface area contributed by atoms with Crippen LogP contribution in [0.15, 0.2) is 30.6 Å². The Labute approximate surface area is 273 Å². The highest BCUT2D eigenvalue weighted by molar-refractivity contribution is 7.18. The van der Waals surface area contributed by atoms with Gasteiger partial charge < -0.3 is 20.3 Å². The number of hydrogen-bond acceptors (Lipinski definition) is 8. The highest BCUT2D eigenvalue weighted by Gasteiger charge is 2.69. The Balaban J connectivity index is 0.899. The zero-order valence-electron chi connectivity index (χ0n) is 26.1. The molecule has 0 radical (unpaired) electrons. The molecule has 2 bridgehead atoms. The molecule has 9 rings (SSSR count). The molecule has 246 valence electrons. The van der Waals surface area contributed by atoms with Gasteiger partial charge in [-0.2, -0.15) is 18.4 Å². The van der Waals surface area contributed by atoms with Crippen molar-refractivity contribution in [1.29, 1.82) is 5.26 Å². The van der Waals surface area contributed by atoms with Crippen molar-refractivity contribution in [2.75, 3.05) is 18.4 Å². The Hall–Kier alpha value is -3.73. The molecule has 4 aromatic rings. The van der Waals surface area contributed by atoms with Crippen molar-refractivity contribution in [3.8, 4) is 6.07 Å². The molecule has 1 aliphatic heterocycles. The maximum Gasteiger partial charge on any atom is 0.393 e. The predicted molar refractivity (Wildman–Crippen MR) is 172 cm³/mol. The zero-order valence-corrected chi connectivity index (χ0v) is 26.9. The second kappa shape index (κ2) is 10.6. The van der Waals surface area contributed by atoms with E-state index >= 15 is 0 Å². The number of alkyl halides is 3. The highest BCUT2D eigenvalue weighted by atomic mass is 32.1. The number of nitrogens with zero attached hydrogens (tertiary/aromatic N) is 5. The van der Waals surface area contributed by atoms with E-state index in [1.54, 1.807) is 6.07 Å². The normalized spacial score (nSPS) is 25.3. The van der Waals surface area contributed by atoms with Gasteiger partial charge in [0.15, 0.2) is 0 Å². The number of hydrogen-bond donors (Lipinski definition) is 3. The number of aliphatic hydroxyl groups is 1. The third-order valence-electron chi connectivity index (χ3n) is 10.8. The number of carbonyl (C=O) groups excluding carboxylic acids is 1. The molecule has 4 heterocycles. The molecule has 1 amide bonds. The van der Waals surface area contributed by atoms with Gasteiger partial charge in [-0.25, -0.2) is 9.97 Å². The van der Waals surface area contributed by atoms with E-state index in [-0.39, 0.29) is 27.8 Å². The lowest BCUT2D eigenvalue weighted by Crippen LogP contribution is -2.76. The lowest BCUT2D eigenvalue weighted by atomic mass is 9.39. The number of anilines is 1. The monoisotopic (exact) mass is 663 g/mol. The number of benzene rings is 1. The van der Waals surface area contributed by atoms with Crippen LogP contribution in [0.25, 0.3) is 21.1 Å². The first kappa shape index (κ1) is 30.6. The number of rotatable bonds is 9. The molecule has 3 aromatic heterocycles.